The summed E-state index contributed by atoms with van der Waals surface area (Å²) in [7, 11) is 0. The van der Waals surface area contributed by atoms with Crippen LogP contribution in [-0.4, -0.2) is 21.0 Å². The molecule has 2 heterocycles. The minimum atomic E-state index is -1.26. The molecule has 0 atom stereocenters. The van der Waals surface area contributed by atoms with Crippen molar-refractivity contribution in [3.63, 3.8) is 0 Å². The van der Waals surface area contributed by atoms with E-state index in [-0.39, 0.29) is 5.57 Å². The maximum Gasteiger partial charge on any atom is 0.346 e. The van der Waals surface area contributed by atoms with Gasteiger partial charge in [-0.25, -0.2) is 14.8 Å². The van der Waals surface area contributed by atoms with Gasteiger partial charge in [-0.15, -0.1) is 22.7 Å². The molecule has 0 fully saturated rings. The highest BCUT2D eigenvalue weighted by Gasteiger charge is 2.21. The van der Waals surface area contributed by atoms with Crippen molar-refractivity contribution >= 4 is 63.4 Å². The first-order valence-corrected chi connectivity index (χ1v) is 23.7. The highest BCUT2D eigenvalue weighted by molar-refractivity contribution is 7.23. The van der Waals surface area contributed by atoms with Crippen LogP contribution in [0.2, 0.25) is 0 Å². The quantitative estimate of drug-likeness (QED) is 0.0461. The number of carbonyl (C=O) groups is 1. The Morgan fingerprint density at radius 3 is 1.66 bits per heavy atom. The van der Waals surface area contributed by atoms with E-state index in [9.17, 15) is 15.2 Å². The van der Waals surface area contributed by atoms with Gasteiger partial charge in [0.25, 0.3) is 0 Å². The van der Waals surface area contributed by atoms with E-state index < -0.39 is 5.97 Å². The molecule has 0 aliphatic rings. The number of aryl methyl sites for hydroxylation is 2. The topological polar surface area (TPSA) is 114 Å². The lowest BCUT2D eigenvalue weighted by molar-refractivity contribution is -0.132. The molecule has 320 valence electrons. The monoisotopic (exact) mass is 877 g/mol. The summed E-state index contributed by atoms with van der Waals surface area (Å²) in [6, 6.07) is 49.2. The van der Waals surface area contributed by atoms with Crippen LogP contribution in [0.25, 0.3) is 49.3 Å². The number of allylic oxidation sites excluding steroid dienone is 1. The number of thiazole rings is 2. The first-order chi connectivity index (χ1) is 31.4. The largest absolute Gasteiger partial charge is 0.477 e. The molecule has 7 nitrogen and oxygen atoms in total. The predicted octanol–water partition coefficient (Wildman–Crippen LogP) is 15.4. The second kappa shape index (κ2) is 22.4. The Morgan fingerprint density at radius 1 is 0.594 bits per heavy atom. The zero-order valence-electron chi connectivity index (χ0n) is 36.3. The first kappa shape index (κ1) is 45.1. The van der Waals surface area contributed by atoms with Gasteiger partial charge in [-0.05, 0) is 102 Å². The van der Waals surface area contributed by atoms with E-state index in [0.29, 0.717) is 11.1 Å². The van der Waals surface area contributed by atoms with Crippen LogP contribution in [-0.2, 0) is 17.6 Å². The Bertz CT molecular complexity index is 2740. The molecule has 0 aliphatic heterocycles. The number of rotatable bonds is 20. The number of anilines is 3. The fourth-order valence-corrected chi connectivity index (χ4v) is 9.81. The standard InChI is InChI=1S/C55H51N5O2S2/c1-3-5-7-15-21-49-51(36-44(37-56)42-29-27-41(28-30-42)40-25-23-39(24-26-40)35-45(38-57)55(61)62)63-53(58-49)54-59-50(22-16-8-6-4-2)52(64-54)43-31-33-48(34-32-43)60(46-17-11-9-12-18-46)47-19-13-10-14-20-47/h9-14,17-20,23-36H,3-8,15-16,21-22H2,1-2H3,(H,61,62)/b44-36+,45-35-. The van der Waals surface area contributed by atoms with Gasteiger partial charge >= 0.3 is 5.97 Å². The number of para-hydroxylation sites is 2. The number of hydrogen-bond donors (Lipinski definition) is 1. The summed E-state index contributed by atoms with van der Waals surface area (Å²) >= 11 is 3.33. The average Bonchev–Trinajstić information content (AvgIpc) is 3.95. The highest BCUT2D eigenvalue weighted by Crippen LogP contribution is 2.42. The number of carboxylic acids is 1. The van der Waals surface area contributed by atoms with Gasteiger partial charge in [0.1, 0.15) is 11.6 Å². The van der Waals surface area contributed by atoms with E-state index in [1.54, 1.807) is 40.9 Å². The third kappa shape index (κ3) is 11.4. The molecule has 9 heteroatoms. The molecule has 0 aliphatic carbocycles. The molecule has 0 saturated heterocycles. The Hall–Kier alpha value is -6.91. The second-order valence-corrected chi connectivity index (χ2v) is 17.7. The van der Waals surface area contributed by atoms with Crippen LogP contribution in [0.3, 0.4) is 0 Å². The third-order valence-electron chi connectivity index (χ3n) is 11.1. The van der Waals surface area contributed by atoms with Crippen molar-refractivity contribution in [2.45, 2.75) is 78.1 Å². The summed E-state index contributed by atoms with van der Waals surface area (Å²) in [6.45, 7) is 4.46. The lowest BCUT2D eigenvalue weighted by Gasteiger charge is -2.25. The lowest BCUT2D eigenvalue weighted by Crippen LogP contribution is -2.09. The molecule has 5 aromatic carbocycles. The number of aromatic nitrogens is 2. The molecule has 0 spiro atoms. The fraction of sp³-hybridized carbons (Fsp3) is 0.218. The number of benzene rings is 5. The number of nitrogens with zero attached hydrogens (tertiary/aromatic N) is 5. The van der Waals surface area contributed by atoms with E-state index >= 15 is 0 Å². The van der Waals surface area contributed by atoms with E-state index in [2.05, 4.69) is 97.6 Å². The molecule has 7 aromatic rings. The molecule has 0 amide bonds. The van der Waals surface area contributed by atoms with Crippen molar-refractivity contribution in [3.05, 3.63) is 166 Å². The third-order valence-corrected chi connectivity index (χ3v) is 13.4. The zero-order valence-corrected chi connectivity index (χ0v) is 38.0. The number of hydrogen-bond acceptors (Lipinski definition) is 8. The molecule has 0 radical (unpaired) electrons. The zero-order chi connectivity index (χ0) is 44.7. The lowest BCUT2D eigenvalue weighted by atomic mass is 9.99. The minimum Gasteiger partial charge on any atom is -0.477 e. The summed E-state index contributed by atoms with van der Waals surface area (Å²) in [5, 5.41) is 30.6. The smallest absolute Gasteiger partial charge is 0.346 e. The Kier molecular flexibility index (Phi) is 15.8. The average molecular weight is 878 g/mol. The van der Waals surface area contributed by atoms with Crippen LogP contribution in [0.5, 0.6) is 0 Å². The number of nitriles is 2. The van der Waals surface area contributed by atoms with Crippen molar-refractivity contribution in [3.8, 4) is 43.7 Å². The molecule has 2 aromatic heterocycles. The maximum atomic E-state index is 11.3. The summed E-state index contributed by atoms with van der Waals surface area (Å²) < 4.78 is 0. The number of aliphatic carboxylic acids is 1. The Morgan fingerprint density at radius 2 is 1.11 bits per heavy atom. The first-order valence-electron chi connectivity index (χ1n) is 22.1. The Balaban J connectivity index is 1.20. The normalized spacial score (nSPS) is 11.6. The van der Waals surface area contributed by atoms with Gasteiger partial charge in [-0.1, -0.05) is 149 Å². The van der Waals surface area contributed by atoms with Crippen LogP contribution >= 0.6 is 22.7 Å². The fourth-order valence-electron chi connectivity index (χ4n) is 7.62. The number of carboxylic acid groups (broad SMARTS) is 1. The Labute approximate surface area is 385 Å². The van der Waals surface area contributed by atoms with Crippen molar-refractivity contribution in [2.24, 2.45) is 0 Å². The van der Waals surface area contributed by atoms with Crippen molar-refractivity contribution in [2.75, 3.05) is 4.90 Å². The van der Waals surface area contributed by atoms with E-state index in [1.165, 1.54) is 36.6 Å². The van der Waals surface area contributed by atoms with Crippen LogP contribution in [0.15, 0.2) is 139 Å². The van der Waals surface area contributed by atoms with Gasteiger partial charge in [0, 0.05) is 17.1 Å². The van der Waals surface area contributed by atoms with Crippen LogP contribution < -0.4 is 4.90 Å². The highest BCUT2D eigenvalue weighted by atomic mass is 32.1. The number of unbranched alkanes of at least 4 members (excludes halogenated alkanes) is 6. The van der Waals surface area contributed by atoms with Crippen LogP contribution in [0.4, 0.5) is 17.1 Å². The van der Waals surface area contributed by atoms with Gasteiger partial charge in [-0.3, -0.25) is 0 Å². The molecule has 0 saturated carbocycles. The summed E-state index contributed by atoms with van der Waals surface area (Å²) in [5.74, 6) is -1.26. The molecular weight excluding hydrogens is 827 g/mol. The molecule has 64 heavy (non-hydrogen) atoms. The van der Waals surface area contributed by atoms with Crippen LogP contribution in [0.1, 0.15) is 92.6 Å². The van der Waals surface area contributed by atoms with Crippen molar-refractivity contribution < 1.29 is 9.90 Å². The summed E-state index contributed by atoms with van der Waals surface area (Å²) in [6.07, 6.45) is 14.2. The van der Waals surface area contributed by atoms with Gasteiger partial charge < -0.3 is 10.0 Å². The van der Waals surface area contributed by atoms with Crippen molar-refractivity contribution in [1.82, 2.24) is 9.97 Å². The van der Waals surface area contributed by atoms with Gasteiger partial charge in [0.15, 0.2) is 10.0 Å². The molecule has 7 rings (SSSR count). The van der Waals surface area contributed by atoms with Gasteiger partial charge in [-0.2, -0.15) is 10.5 Å². The predicted molar refractivity (Wildman–Crippen MR) is 266 cm³/mol. The van der Waals surface area contributed by atoms with Crippen LogP contribution in [0, 0.1) is 22.7 Å². The van der Waals surface area contributed by atoms with Gasteiger partial charge in [0.2, 0.25) is 0 Å². The maximum absolute atomic E-state index is 11.3. The van der Waals surface area contributed by atoms with E-state index in [0.717, 1.165) is 104 Å². The molecule has 1 N–H and O–H groups in total. The second-order valence-electron chi connectivity index (χ2n) is 15.6. The summed E-state index contributed by atoms with van der Waals surface area (Å²) in [5.41, 5.74) is 10.1. The molecular formula is C55H51N5O2S2. The van der Waals surface area contributed by atoms with E-state index in [4.69, 9.17) is 15.2 Å². The SMILES string of the molecule is CCCCCCc1nc(-c2nc(CCCCCC)c(-c3ccc(N(c4ccccc4)c4ccccc4)cc3)s2)sc1/C=C(\C#N)c1ccc(-c2ccc(/C=C(/C#N)C(=O)O)cc2)cc1. The minimum absolute atomic E-state index is 0.319. The molecule has 0 bridgehead atoms. The van der Waals surface area contributed by atoms with E-state index in [1.807, 2.05) is 54.6 Å². The van der Waals surface area contributed by atoms with Crippen molar-refractivity contribution in [1.29, 1.82) is 10.5 Å². The molecule has 0 unspecified atom stereocenters. The summed E-state index contributed by atoms with van der Waals surface area (Å²) in [4.78, 5) is 26.3. The van der Waals surface area contributed by atoms with Gasteiger partial charge in [0.05, 0.1) is 32.8 Å².